The predicted octanol–water partition coefficient (Wildman–Crippen LogP) is 2.58. The van der Waals surface area contributed by atoms with Crippen molar-refractivity contribution in [1.82, 2.24) is 10.6 Å². The number of rotatable bonds is 0. The van der Waals surface area contributed by atoms with Gasteiger partial charge in [0.2, 0.25) is 0 Å². The van der Waals surface area contributed by atoms with E-state index in [2.05, 4.69) is 10.6 Å². The first-order chi connectivity index (χ1) is 7.90. The molecule has 16 heavy (non-hydrogen) atoms. The lowest BCUT2D eigenvalue weighted by Gasteiger charge is -2.19. The molecule has 0 aromatic rings. The molecule has 2 nitrogen and oxygen atoms in total. The van der Waals surface area contributed by atoms with Crippen LogP contribution >= 0.6 is 0 Å². The quantitative estimate of drug-likeness (QED) is 0.658. The molecule has 0 amide bonds. The summed E-state index contributed by atoms with van der Waals surface area (Å²) in [5, 5.41) is 7.18. The molecule has 2 heteroatoms. The van der Waals surface area contributed by atoms with Crippen molar-refractivity contribution in [3.8, 4) is 0 Å². The van der Waals surface area contributed by atoms with Gasteiger partial charge in [-0.05, 0) is 51.4 Å². The van der Waals surface area contributed by atoms with Crippen LogP contribution in [0.4, 0.5) is 0 Å². The van der Waals surface area contributed by atoms with E-state index in [0.29, 0.717) is 0 Å². The van der Waals surface area contributed by atoms with Gasteiger partial charge in [-0.3, -0.25) is 0 Å². The Labute approximate surface area is 99.6 Å². The van der Waals surface area contributed by atoms with Crippen molar-refractivity contribution in [2.75, 3.05) is 0 Å². The van der Waals surface area contributed by atoms with Gasteiger partial charge >= 0.3 is 0 Å². The van der Waals surface area contributed by atoms with Crippen molar-refractivity contribution < 1.29 is 0 Å². The van der Waals surface area contributed by atoms with Gasteiger partial charge in [-0.1, -0.05) is 12.8 Å². The summed E-state index contributed by atoms with van der Waals surface area (Å²) in [6.45, 7) is 0. The molecule has 4 atom stereocenters. The maximum Gasteiger partial charge on any atom is 0.00702 e. The number of nitrogens with one attached hydrogen (secondary N) is 2. The van der Waals surface area contributed by atoms with E-state index in [1.165, 1.54) is 64.2 Å². The lowest BCUT2D eigenvalue weighted by Crippen LogP contribution is -2.33. The topological polar surface area (TPSA) is 24.1 Å². The molecule has 0 aromatic carbocycles. The highest BCUT2D eigenvalue weighted by Gasteiger charge is 2.27. The van der Waals surface area contributed by atoms with Crippen LogP contribution in [-0.2, 0) is 0 Å². The van der Waals surface area contributed by atoms with Crippen molar-refractivity contribution in [1.29, 1.82) is 0 Å². The highest BCUT2D eigenvalue weighted by Crippen LogP contribution is 2.26. The van der Waals surface area contributed by atoms with Crippen LogP contribution in [0.5, 0.6) is 0 Å². The fourth-order valence-corrected chi connectivity index (χ4v) is 3.94. The Bertz CT molecular complexity index is 177. The molecular weight excluding hydrogens is 196 g/mol. The summed E-state index contributed by atoms with van der Waals surface area (Å²) in [4.78, 5) is 0. The normalized spacial score (nSPS) is 45.0. The van der Waals surface area contributed by atoms with Gasteiger partial charge in [-0.25, -0.2) is 0 Å². The van der Waals surface area contributed by atoms with Crippen molar-refractivity contribution in [2.24, 2.45) is 0 Å². The Morgan fingerprint density at radius 1 is 0.438 bits per heavy atom. The molecule has 4 saturated heterocycles. The minimum atomic E-state index is 0.911. The fraction of sp³-hybridized carbons (Fsp3) is 1.00. The van der Waals surface area contributed by atoms with E-state index in [0.717, 1.165) is 24.2 Å². The van der Waals surface area contributed by atoms with Gasteiger partial charge in [0.15, 0.2) is 0 Å². The van der Waals surface area contributed by atoms with Crippen LogP contribution < -0.4 is 10.6 Å². The lowest BCUT2D eigenvalue weighted by molar-refractivity contribution is 0.406. The Balaban J connectivity index is 0.000000101. The smallest absolute Gasteiger partial charge is 0.00702 e. The van der Waals surface area contributed by atoms with Crippen LogP contribution in [0.15, 0.2) is 0 Å². The second-order valence-electron chi connectivity index (χ2n) is 6.14. The van der Waals surface area contributed by atoms with Gasteiger partial charge in [0.05, 0.1) is 0 Å². The van der Waals surface area contributed by atoms with Crippen molar-refractivity contribution in [3.63, 3.8) is 0 Å². The van der Waals surface area contributed by atoms with Crippen LogP contribution in [0.1, 0.15) is 64.2 Å². The van der Waals surface area contributed by atoms with Gasteiger partial charge in [-0.15, -0.1) is 0 Å². The summed E-state index contributed by atoms with van der Waals surface area (Å²) < 4.78 is 0. The maximum absolute atomic E-state index is 3.59. The summed E-state index contributed by atoms with van der Waals surface area (Å²) in [6, 6.07) is 3.64. The van der Waals surface area contributed by atoms with Crippen LogP contribution in [0, 0.1) is 0 Å². The third kappa shape index (κ3) is 2.60. The Morgan fingerprint density at radius 2 is 0.750 bits per heavy atom. The largest absolute Gasteiger partial charge is 0.311 e. The summed E-state index contributed by atoms with van der Waals surface area (Å²) >= 11 is 0. The molecule has 4 fully saturated rings. The first-order valence-electron chi connectivity index (χ1n) is 7.42. The van der Waals surface area contributed by atoms with E-state index in [1.807, 2.05) is 0 Å². The molecule has 0 spiro atoms. The molecule has 92 valence electrons. The Hall–Kier alpha value is -0.0800. The zero-order valence-corrected chi connectivity index (χ0v) is 10.4. The van der Waals surface area contributed by atoms with E-state index < -0.39 is 0 Å². The molecule has 4 rings (SSSR count). The standard InChI is InChI=1S/2C7H13N/c2*1-2-6-4-5-7(3-1)8-6/h2*6-8H,1-5H2. The predicted molar refractivity (Wildman–Crippen MR) is 67.6 cm³/mol. The molecular formula is C14H26N2. The Morgan fingerprint density at radius 3 is 1.00 bits per heavy atom. The van der Waals surface area contributed by atoms with Crippen LogP contribution in [0.2, 0.25) is 0 Å². The summed E-state index contributed by atoms with van der Waals surface area (Å²) in [5.41, 5.74) is 0. The SMILES string of the molecule is C1CC2CCC(C1)N2.C1CC2CCC(C1)N2. The van der Waals surface area contributed by atoms with Gasteiger partial charge in [0, 0.05) is 24.2 Å². The fourth-order valence-electron chi connectivity index (χ4n) is 3.94. The summed E-state index contributed by atoms with van der Waals surface area (Å²) in [6.07, 6.45) is 14.5. The molecule has 4 aliphatic rings. The summed E-state index contributed by atoms with van der Waals surface area (Å²) in [7, 11) is 0. The molecule has 4 heterocycles. The monoisotopic (exact) mass is 222 g/mol. The highest BCUT2D eigenvalue weighted by molar-refractivity contribution is 4.88. The first-order valence-corrected chi connectivity index (χ1v) is 7.42. The zero-order valence-electron chi connectivity index (χ0n) is 10.4. The maximum atomic E-state index is 3.59. The molecule has 0 aromatic heterocycles. The van der Waals surface area contributed by atoms with E-state index >= 15 is 0 Å². The van der Waals surface area contributed by atoms with Crippen LogP contribution in [0.3, 0.4) is 0 Å². The number of hydrogen-bond donors (Lipinski definition) is 2. The second-order valence-corrected chi connectivity index (χ2v) is 6.14. The number of fused-ring (bicyclic) bond motifs is 4. The number of piperidine rings is 2. The Kier molecular flexibility index (Phi) is 3.49. The average Bonchev–Trinajstić information content (AvgIpc) is 2.83. The van der Waals surface area contributed by atoms with Crippen molar-refractivity contribution in [3.05, 3.63) is 0 Å². The first kappa shape index (κ1) is 11.0. The highest BCUT2D eigenvalue weighted by atomic mass is 15.0. The van der Waals surface area contributed by atoms with Gasteiger partial charge in [0.25, 0.3) is 0 Å². The molecule has 4 aliphatic heterocycles. The van der Waals surface area contributed by atoms with Gasteiger partial charge in [0.1, 0.15) is 0 Å². The van der Waals surface area contributed by atoms with Crippen molar-refractivity contribution in [2.45, 2.75) is 88.4 Å². The lowest BCUT2D eigenvalue weighted by atomic mass is 10.1. The molecule has 0 saturated carbocycles. The minimum absolute atomic E-state index is 0.911. The molecule has 4 unspecified atom stereocenters. The second kappa shape index (κ2) is 5.05. The molecule has 0 radical (unpaired) electrons. The average molecular weight is 222 g/mol. The van der Waals surface area contributed by atoms with Crippen molar-refractivity contribution >= 4 is 0 Å². The van der Waals surface area contributed by atoms with E-state index in [9.17, 15) is 0 Å². The molecule has 4 bridgehead atoms. The third-order valence-electron chi connectivity index (χ3n) is 4.88. The minimum Gasteiger partial charge on any atom is -0.311 e. The van der Waals surface area contributed by atoms with E-state index in [4.69, 9.17) is 0 Å². The molecule has 2 N–H and O–H groups in total. The van der Waals surface area contributed by atoms with E-state index in [1.54, 1.807) is 0 Å². The molecule has 0 aliphatic carbocycles. The van der Waals surface area contributed by atoms with E-state index in [-0.39, 0.29) is 0 Å². The third-order valence-corrected chi connectivity index (χ3v) is 4.88. The number of hydrogen-bond acceptors (Lipinski definition) is 2. The van der Waals surface area contributed by atoms with Crippen LogP contribution in [-0.4, -0.2) is 24.2 Å². The van der Waals surface area contributed by atoms with Crippen LogP contribution in [0.25, 0.3) is 0 Å². The van der Waals surface area contributed by atoms with Gasteiger partial charge in [-0.2, -0.15) is 0 Å². The van der Waals surface area contributed by atoms with Gasteiger partial charge < -0.3 is 10.6 Å². The zero-order chi connectivity index (χ0) is 10.8. The summed E-state index contributed by atoms with van der Waals surface area (Å²) in [5.74, 6) is 0.